The van der Waals surface area contributed by atoms with E-state index in [2.05, 4.69) is 34.5 Å². The summed E-state index contributed by atoms with van der Waals surface area (Å²) in [6.07, 6.45) is 0. The molecule has 2 heterocycles. The molecule has 1 fully saturated rings. The van der Waals surface area contributed by atoms with Crippen molar-refractivity contribution in [3.8, 4) is 0 Å². The lowest BCUT2D eigenvalue weighted by molar-refractivity contribution is -0.118. The number of amides is 1. The Kier molecular flexibility index (Phi) is 6.26. The van der Waals surface area contributed by atoms with Gasteiger partial charge in [-0.15, -0.1) is 0 Å². The molecule has 1 amide bonds. The van der Waals surface area contributed by atoms with Crippen molar-refractivity contribution >= 4 is 11.7 Å². The molecule has 1 aliphatic heterocycles. The number of hydrogen-bond donors (Lipinski definition) is 2. The fourth-order valence-corrected chi connectivity index (χ4v) is 3.26. The minimum Gasteiger partial charge on any atom is -0.379 e. The second-order valence-corrected chi connectivity index (χ2v) is 7.45. The number of hydrogen-bond acceptors (Lipinski definition) is 6. The van der Waals surface area contributed by atoms with Crippen LogP contribution in [0.2, 0.25) is 0 Å². The molecule has 1 aromatic heterocycles. The number of nitrogens with one attached hydrogen (secondary N) is 2. The van der Waals surface area contributed by atoms with E-state index in [0.717, 1.165) is 31.9 Å². The lowest BCUT2D eigenvalue weighted by Crippen LogP contribution is -2.55. The third-order valence-corrected chi connectivity index (χ3v) is 4.88. The average Bonchev–Trinajstić information content (AvgIpc) is 3.08. The zero-order chi connectivity index (χ0) is 19.3. The van der Waals surface area contributed by atoms with Crippen LogP contribution in [0.15, 0.2) is 40.9 Å². The predicted octanol–water partition coefficient (Wildman–Crippen LogP) is 2.36. The number of ether oxygens (including phenoxy) is 1. The van der Waals surface area contributed by atoms with Crippen molar-refractivity contribution in [3.05, 3.63) is 47.7 Å². The highest BCUT2D eigenvalue weighted by Crippen LogP contribution is 2.20. The summed E-state index contributed by atoms with van der Waals surface area (Å²) in [5, 5.41) is 10.1. The zero-order valence-electron chi connectivity index (χ0n) is 16.2. The van der Waals surface area contributed by atoms with E-state index in [0.29, 0.717) is 18.1 Å². The largest absolute Gasteiger partial charge is 0.379 e. The van der Waals surface area contributed by atoms with Gasteiger partial charge < -0.3 is 19.9 Å². The number of nitrogens with zero attached hydrogens (tertiary/aromatic N) is 2. The Morgan fingerprint density at radius 2 is 1.96 bits per heavy atom. The van der Waals surface area contributed by atoms with Gasteiger partial charge in [-0.2, -0.15) is 0 Å². The van der Waals surface area contributed by atoms with Gasteiger partial charge in [0.1, 0.15) is 11.8 Å². The van der Waals surface area contributed by atoms with E-state index in [1.165, 1.54) is 0 Å². The normalized spacial score (nSPS) is 16.9. The van der Waals surface area contributed by atoms with Crippen molar-refractivity contribution < 1.29 is 14.1 Å². The molecule has 1 aliphatic rings. The Bertz CT molecular complexity index is 739. The van der Waals surface area contributed by atoms with Gasteiger partial charge in [0.05, 0.1) is 13.2 Å². The van der Waals surface area contributed by atoms with E-state index in [9.17, 15) is 4.79 Å². The van der Waals surface area contributed by atoms with Crippen LogP contribution in [-0.4, -0.2) is 54.4 Å². The first kappa shape index (κ1) is 19.5. The molecule has 0 saturated carbocycles. The zero-order valence-corrected chi connectivity index (χ0v) is 16.2. The van der Waals surface area contributed by atoms with Gasteiger partial charge in [-0.3, -0.25) is 9.69 Å². The van der Waals surface area contributed by atoms with Gasteiger partial charge in [0.2, 0.25) is 5.91 Å². The molecule has 1 atom stereocenters. The summed E-state index contributed by atoms with van der Waals surface area (Å²) in [4.78, 5) is 15.3. The van der Waals surface area contributed by atoms with Crippen LogP contribution >= 0.6 is 0 Å². The third-order valence-electron chi connectivity index (χ3n) is 4.88. The highest BCUT2D eigenvalue weighted by molar-refractivity contribution is 5.94. The van der Waals surface area contributed by atoms with Crippen molar-refractivity contribution in [2.75, 3.05) is 38.2 Å². The monoisotopic (exact) mass is 372 g/mol. The van der Waals surface area contributed by atoms with Crippen molar-refractivity contribution in [2.24, 2.45) is 0 Å². The van der Waals surface area contributed by atoms with E-state index in [1.807, 2.05) is 30.3 Å². The Morgan fingerprint density at radius 3 is 2.59 bits per heavy atom. The number of aromatic nitrogens is 1. The molecule has 3 rings (SSSR count). The van der Waals surface area contributed by atoms with Gasteiger partial charge in [0, 0.05) is 31.2 Å². The summed E-state index contributed by atoms with van der Waals surface area (Å²) in [5.74, 6) is 0.919. The van der Waals surface area contributed by atoms with Crippen LogP contribution in [0.5, 0.6) is 0 Å². The molecule has 0 aliphatic carbocycles. The van der Waals surface area contributed by atoms with Crippen LogP contribution in [-0.2, 0) is 9.53 Å². The molecule has 0 radical (unpaired) electrons. The van der Waals surface area contributed by atoms with Crippen LogP contribution in [0, 0.1) is 6.92 Å². The molecular formula is C20H28N4O3. The van der Waals surface area contributed by atoms with Crippen molar-refractivity contribution in [2.45, 2.75) is 32.4 Å². The quantitative estimate of drug-likeness (QED) is 0.777. The molecule has 7 heteroatoms. The summed E-state index contributed by atoms with van der Waals surface area (Å²) < 4.78 is 10.5. The molecule has 27 heavy (non-hydrogen) atoms. The Hall–Kier alpha value is -2.22. The third kappa shape index (κ3) is 5.15. The SMILES string of the molecule is Cc1cc(NC(=O)C(NCC(C)(C)N2CCOCC2)c2ccccc2)no1. The summed E-state index contributed by atoms with van der Waals surface area (Å²) in [6, 6.07) is 10.9. The number of carbonyl (C=O) groups excluding carboxylic acids is 1. The standard InChI is InChI=1S/C20H28N4O3/c1-15-13-17(23-27-15)22-19(25)18(16-7-5-4-6-8-16)21-14-20(2,3)24-9-11-26-12-10-24/h4-8,13,18,21H,9-12,14H2,1-3H3,(H,22,23,25). The molecule has 2 aromatic rings. The molecule has 1 saturated heterocycles. The number of anilines is 1. The summed E-state index contributed by atoms with van der Waals surface area (Å²) in [7, 11) is 0. The maximum atomic E-state index is 12.9. The fourth-order valence-electron chi connectivity index (χ4n) is 3.26. The topological polar surface area (TPSA) is 79.6 Å². The smallest absolute Gasteiger partial charge is 0.247 e. The molecule has 0 spiro atoms. The first-order valence-electron chi connectivity index (χ1n) is 9.31. The Labute approximate surface area is 160 Å². The highest BCUT2D eigenvalue weighted by Gasteiger charge is 2.30. The van der Waals surface area contributed by atoms with Gasteiger partial charge >= 0.3 is 0 Å². The molecule has 2 N–H and O–H groups in total. The minimum absolute atomic E-state index is 0.0957. The molecule has 1 unspecified atom stereocenters. The molecule has 1 aromatic carbocycles. The second-order valence-electron chi connectivity index (χ2n) is 7.45. The van der Waals surface area contributed by atoms with Gasteiger partial charge in [0.15, 0.2) is 5.82 Å². The van der Waals surface area contributed by atoms with E-state index < -0.39 is 6.04 Å². The van der Waals surface area contributed by atoms with Crippen molar-refractivity contribution in [1.29, 1.82) is 0 Å². The van der Waals surface area contributed by atoms with E-state index in [4.69, 9.17) is 9.26 Å². The van der Waals surface area contributed by atoms with E-state index in [-0.39, 0.29) is 11.4 Å². The van der Waals surface area contributed by atoms with E-state index in [1.54, 1.807) is 13.0 Å². The van der Waals surface area contributed by atoms with Crippen LogP contribution in [0.3, 0.4) is 0 Å². The van der Waals surface area contributed by atoms with Crippen LogP contribution in [0.1, 0.15) is 31.2 Å². The van der Waals surface area contributed by atoms with Crippen molar-refractivity contribution in [1.82, 2.24) is 15.4 Å². The summed E-state index contributed by atoms with van der Waals surface area (Å²) in [5.41, 5.74) is 0.815. The number of aryl methyl sites for hydroxylation is 1. The minimum atomic E-state index is -0.483. The van der Waals surface area contributed by atoms with Gasteiger partial charge in [-0.1, -0.05) is 35.5 Å². The van der Waals surface area contributed by atoms with Crippen molar-refractivity contribution in [3.63, 3.8) is 0 Å². The lowest BCUT2D eigenvalue weighted by Gasteiger charge is -2.41. The second kappa shape index (κ2) is 8.65. The van der Waals surface area contributed by atoms with Crippen LogP contribution in [0.4, 0.5) is 5.82 Å². The fraction of sp³-hybridized carbons (Fsp3) is 0.500. The number of benzene rings is 1. The summed E-state index contributed by atoms with van der Waals surface area (Å²) in [6.45, 7) is 10.1. The van der Waals surface area contributed by atoms with Gasteiger partial charge in [-0.05, 0) is 26.3 Å². The van der Waals surface area contributed by atoms with Gasteiger partial charge in [0.25, 0.3) is 0 Å². The van der Waals surface area contributed by atoms with Crippen LogP contribution in [0.25, 0.3) is 0 Å². The van der Waals surface area contributed by atoms with Gasteiger partial charge in [-0.25, -0.2) is 0 Å². The molecular weight excluding hydrogens is 344 g/mol. The molecule has 7 nitrogen and oxygen atoms in total. The number of morpholine rings is 1. The summed E-state index contributed by atoms with van der Waals surface area (Å²) >= 11 is 0. The highest BCUT2D eigenvalue weighted by atomic mass is 16.5. The first-order valence-corrected chi connectivity index (χ1v) is 9.31. The lowest BCUT2D eigenvalue weighted by atomic mass is 9.99. The number of carbonyl (C=O) groups is 1. The predicted molar refractivity (Wildman–Crippen MR) is 104 cm³/mol. The Morgan fingerprint density at radius 1 is 1.26 bits per heavy atom. The maximum absolute atomic E-state index is 12.9. The van der Waals surface area contributed by atoms with E-state index >= 15 is 0 Å². The Balaban J connectivity index is 1.71. The maximum Gasteiger partial charge on any atom is 0.247 e. The molecule has 0 bridgehead atoms. The number of rotatable bonds is 7. The first-order chi connectivity index (χ1) is 13.0. The molecule has 146 valence electrons. The average molecular weight is 372 g/mol. The van der Waals surface area contributed by atoms with Crippen LogP contribution < -0.4 is 10.6 Å².